The van der Waals surface area contributed by atoms with Gasteiger partial charge in [0.25, 0.3) is 0 Å². The van der Waals surface area contributed by atoms with E-state index in [0.717, 1.165) is 22.6 Å². The molecule has 0 bridgehead atoms. The van der Waals surface area contributed by atoms with Crippen molar-refractivity contribution in [3.05, 3.63) is 71.1 Å². The van der Waals surface area contributed by atoms with E-state index in [0.29, 0.717) is 24.2 Å². The molecule has 0 saturated heterocycles. The number of hydrogen-bond donors (Lipinski definition) is 2. The maximum Gasteiger partial charge on any atom is 0.250 e. The van der Waals surface area contributed by atoms with Crippen LogP contribution in [0.15, 0.2) is 59.9 Å². The summed E-state index contributed by atoms with van der Waals surface area (Å²) in [5.41, 5.74) is 2.64. The van der Waals surface area contributed by atoms with Gasteiger partial charge in [-0.25, -0.2) is 0 Å². The predicted molar refractivity (Wildman–Crippen MR) is 163 cm³/mol. The minimum atomic E-state index is -1.95. The van der Waals surface area contributed by atoms with Crippen molar-refractivity contribution >= 4 is 41.6 Å². The van der Waals surface area contributed by atoms with Gasteiger partial charge in [0.15, 0.2) is 0 Å². The Morgan fingerprint density at radius 3 is 1.13 bits per heavy atom. The molecule has 206 valence electrons. The lowest BCUT2D eigenvalue weighted by atomic mass is 10.1. The van der Waals surface area contributed by atoms with Crippen LogP contribution in [0.5, 0.6) is 11.5 Å². The minimum Gasteiger partial charge on any atom is -0.544 e. The Hall–Kier alpha value is -3.11. The lowest BCUT2D eigenvalue weighted by Crippen LogP contribution is -2.43. The summed E-state index contributed by atoms with van der Waals surface area (Å²) in [7, 11) is -3.89. The van der Waals surface area contributed by atoms with Gasteiger partial charge in [-0.15, -0.1) is 0 Å². The molecule has 0 unspecified atom stereocenters. The Morgan fingerprint density at radius 2 is 0.895 bits per heavy atom. The Bertz CT molecular complexity index is 1060. The monoisotopic (exact) mass is 552 g/mol. The second kappa shape index (κ2) is 12.2. The molecule has 0 saturated carbocycles. The largest absolute Gasteiger partial charge is 0.544 e. The van der Waals surface area contributed by atoms with Crippen molar-refractivity contribution in [3.63, 3.8) is 0 Å². The molecule has 0 spiro atoms. The minimum absolute atomic E-state index is 0.0991. The number of benzene rings is 2. The van der Waals surface area contributed by atoms with E-state index in [-0.39, 0.29) is 10.1 Å². The van der Waals surface area contributed by atoms with Gasteiger partial charge in [-0.2, -0.15) is 0 Å². The molecule has 6 nitrogen and oxygen atoms in total. The van der Waals surface area contributed by atoms with E-state index in [1.807, 2.05) is 60.7 Å². The normalized spacial score (nSPS) is 13.5. The van der Waals surface area contributed by atoms with Crippen LogP contribution in [0.1, 0.15) is 52.7 Å². The van der Waals surface area contributed by atoms with E-state index in [4.69, 9.17) is 8.85 Å². The highest BCUT2D eigenvalue weighted by atomic mass is 28.4. The summed E-state index contributed by atoms with van der Waals surface area (Å²) in [6.07, 6.45) is 4.80. The number of nitrogens with one attached hydrogen (secondary N) is 2. The second-order valence-electron chi connectivity index (χ2n) is 12.5. The number of carbonyl (C=O) groups is 2. The van der Waals surface area contributed by atoms with Crippen LogP contribution < -0.4 is 19.5 Å². The van der Waals surface area contributed by atoms with Gasteiger partial charge in [0.1, 0.15) is 11.5 Å². The van der Waals surface area contributed by atoms with Gasteiger partial charge in [0.05, 0.1) is 11.4 Å². The van der Waals surface area contributed by atoms with E-state index in [9.17, 15) is 9.59 Å². The first-order chi connectivity index (χ1) is 17.5. The van der Waals surface area contributed by atoms with Gasteiger partial charge in [-0.1, -0.05) is 65.8 Å². The van der Waals surface area contributed by atoms with Gasteiger partial charge in [-0.05, 0) is 83.8 Å². The molecule has 38 heavy (non-hydrogen) atoms. The highest BCUT2D eigenvalue weighted by Gasteiger charge is 2.39. The molecular weight excluding hydrogens is 509 g/mol. The molecule has 2 aromatic carbocycles. The van der Waals surface area contributed by atoms with Crippen LogP contribution in [-0.2, 0) is 9.59 Å². The Morgan fingerprint density at radius 1 is 0.605 bits per heavy atom. The first-order valence-corrected chi connectivity index (χ1v) is 18.7. The van der Waals surface area contributed by atoms with E-state index in [2.05, 4.69) is 78.4 Å². The van der Waals surface area contributed by atoms with Crippen LogP contribution in [0.2, 0.25) is 36.3 Å². The number of rotatable bonds is 11. The molecule has 2 N–H and O–H groups in total. The fourth-order valence-corrected chi connectivity index (χ4v) is 5.08. The number of hydrogen-bond acceptors (Lipinski definition) is 4. The predicted octanol–water partition coefficient (Wildman–Crippen LogP) is 7.33. The lowest BCUT2D eigenvalue weighted by Gasteiger charge is -2.36. The molecule has 2 amide bonds. The molecule has 2 rings (SSSR count). The molecule has 0 radical (unpaired) electrons. The molecule has 8 heteroatoms. The lowest BCUT2D eigenvalue weighted by molar-refractivity contribution is -0.110. The molecule has 2 aromatic rings. The molecule has 0 aliphatic heterocycles. The van der Waals surface area contributed by atoms with Gasteiger partial charge in [0, 0.05) is 0 Å². The molecular formula is C30H44N2O4Si2. The average Bonchev–Trinajstić information content (AvgIpc) is 2.79. The van der Waals surface area contributed by atoms with E-state index >= 15 is 0 Å². The summed E-state index contributed by atoms with van der Waals surface area (Å²) in [6, 6.07) is 15.5. The standard InChI is InChI=1S/C30H44N2O4Si2/c1-29(2,3)37(7,8)35-25-15-11-23(12-16-25)19-27(31-21-33)28(32-22-34)20-24-13-17-26(18-14-24)36-38(9,10)30(4,5)6/h11-22H,1-10H3,(H,31,33)(H,32,34)/b27-19-,28-20-. The molecule has 0 aliphatic carbocycles. The van der Waals surface area contributed by atoms with Gasteiger partial charge < -0.3 is 19.5 Å². The summed E-state index contributed by atoms with van der Waals surface area (Å²) in [4.78, 5) is 22.8. The van der Waals surface area contributed by atoms with Gasteiger partial charge in [0.2, 0.25) is 29.5 Å². The van der Waals surface area contributed by atoms with Gasteiger partial charge in [-0.3, -0.25) is 9.59 Å². The van der Waals surface area contributed by atoms with Crippen molar-refractivity contribution in [2.45, 2.75) is 77.8 Å². The maximum absolute atomic E-state index is 11.4. The van der Waals surface area contributed by atoms with Crippen molar-refractivity contribution in [2.24, 2.45) is 0 Å². The topological polar surface area (TPSA) is 76.7 Å². The summed E-state index contributed by atoms with van der Waals surface area (Å²) < 4.78 is 12.7. The van der Waals surface area contributed by atoms with Crippen molar-refractivity contribution < 1.29 is 18.4 Å². The van der Waals surface area contributed by atoms with Crippen molar-refractivity contribution in [2.75, 3.05) is 0 Å². The summed E-state index contributed by atoms with van der Waals surface area (Å²) in [6.45, 7) is 22.1. The highest BCUT2D eigenvalue weighted by Crippen LogP contribution is 2.38. The fourth-order valence-electron chi connectivity index (χ4n) is 3.01. The summed E-state index contributed by atoms with van der Waals surface area (Å²) >= 11 is 0. The fraction of sp³-hybridized carbons (Fsp3) is 0.400. The third-order valence-electron chi connectivity index (χ3n) is 7.46. The Balaban J connectivity index is 2.33. The third kappa shape index (κ3) is 8.46. The quantitative estimate of drug-likeness (QED) is 0.174. The zero-order valence-electron chi connectivity index (χ0n) is 24.6. The average molecular weight is 553 g/mol. The first kappa shape index (κ1) is 31.1. The van der Waals surface area contributed by atoms with E-state index in [1.54, 1.807) is 0 Å². The van der Waals surface area contributed by atoms with Crippen LogP contribution in [0, 0.1) is 0 Å². The van der Waals surface area contributed by atoms with Crippen LogP contribution in [0.4, 0.5) is 0 Å². The van der Waals surface area contributed by atoms with E-state index < -0.39 is 16.6 Å². The molecule has 0 heterocycles. The molecule has 0 atom stereocenters. The number of amides is 2. The Labute approximate surface area is 230 Å². The van der Waals surface area contributed by atoms with Crippen molar-refractivity contribution in [3.8, 4) is 11.5 Å². The maximum atomic E-state index is 11.4. The molecule has 0 aromatic heterocycles. The highest BCUT2D eigenvalue weighted by molar-refractivity contribution is 6.75. The third-order valence-corrected chi connectivity index (χ3v) is 16.2. The van der Waals surface area contributed by atoms with Crippen LogP contribution >= 0.6 is 0 Å². The SMILES string of the molecule is CC(C)(C)[Si](C)(C)Oc1ccc(/C=C(NC=O)/C(=C/c2ccc(O[Si](C)(C)C(C)(C)C)cc2)NC=O)cc1. The number of carbonyl (C=O) groups excluding carboxylic acids is 2. The molecule has 0 aliphatic rings. The summed E-state index contributed by atoms with van der Waals surface area (Å²) in [5, 5.41) is 5.63. The summed E-state index contributed by atoms with van der Waals surface area (Å²) in [5.74, 6) is 1.64. The zero-order valence-corrected chi connectivity index (χ0v) is 26.6. The Kier molecular flexibility index (Phi) is 9.96. The zero-order chi connectivity index (χ0) is 28.8. The second-order valence-corrected chi connectivity index (χ2v) is 22.0. The van der Waals surface area contributed by atoms with Gasteiger partial charge >= 0.3 is 0 Å². The van der Waals surface area contributed by atoms with Crippen LogP contribution in [0.3, 0.4) is 0 Å². The molecule has 0 fully saturated rings. The van der Waals surface area contributed by atoms with E-state index in [1.165, 1.54) is 0 Å². The van der Waals surface area contributed by atoms with Crippen LogP contribution in [0.25, 0.3) is 12.2 Å². The smallest absolute Gasteiger partial charge is 0.250 e. The van der Waals surface area contributed by atoms with Crippen LogP contribution in [-0.4, -0.2) is 29.5 Å². The van der Waals surface area contributed by atoms with Crippen molar-refractivity contribution in [1.29, 1.82) is 0 Å². The van der Waals surface area contributed by atoms with Crippen molar-refractivity contribution in [1.82, 2.24) is 10.6 Å². The first-order valence-electron chi connectivity index (χ1n) is 12.9.